The van der Waals surface area contributed by atoms with E-state index >= 15 is 0 Å². The van der Waals surface area contributed by atoms with E-state index in [9.17, 15) is 9.59 Å². The van der Waals surface area contributed by atoms with Crippen LogP contribution in [-0.2, 0) is 29.6 Å². The van der Waals surface area contributed by atoms with Crippen molar-refractivity contribution in [3.8, 4) is 11.5 Å². The van der Waals surface area contributed by atoms with Gasteiger partial charge in [0.25, 0.3) is 0 Å². The largest absolute Gasteiger partial charge is 0.496 e. The van der Waals surface area contributed by atoms with Gasteiger partial charge in [-0.2, -0.15) is 0 Å². The molecule has 1 aromatic rings. The third kappa shape index (κ3) is 8.76. The van der Waals surface area contributed by atoms with Gasteiger partial charge in [-0.3, -0.25) is 9.59 Å². The van der Waals surface area contributed by atoms with E-state index in [4.69, 9.17) is 23.1 Å². The van der Waals surface area contributed by atoms with Crippen molar-refractivity contribution in [2.45, 2.75) is 59.4 Å². The zero-order valence-corrected chi connectivity index (χ0v) is 22.8. The Morgan fingerprint density at radius 3 is 2.26 bits per heavy atom. The van der Waals surface area contributed by atoms with Crippen LogP contribution in [0.2, 0.25) is 13.1 Å². The lowest BCUT2D eigenvalue weighted by Gasteiger charge is -2.34. The highest BCUT2D eigenvalue weighted by Crippen LogP contribution is 2.31. The Morgan fingerprint density at radius 1 is 1.10 bits per heavy atom. The fourth-order valence-electron chi connectivity index (χ4n) is 3.38. The second kappa shape index (κ2) is 13.7. The Bertz CT molecular complexity index is 703. The van der Waals surface area contributed by atoms with E-state index in [2.05, 4.69) is 26.9 Å². The molecule has 0 aromatic heterocycles. The molecular weight excluding hydrogens is 432 g/mol. The molecule has 0 N–H and O–H groups in total. The van der Waals surface area contributed by atoms with Gasteiger partial charge in [0.05, 0.1) is 20.8 Å². The first kappa shape index (κ1) is 27.3. The van der Waals surface area contributed by atoms with Gasteiger partial charge >= 0.3 is 5.97 Å². The van der Waals surface area contributed by atoms with Crippen molar-refractivity contribution in [3.63, 3.8) is 0 Å². The van der Waals surface area contributed by atoms with Gasteiger partial charge in [-0.25, -0.2) is 0 Å². The van der Waals surface area contributed by atoms with Crippen molar-refractivity contribution in [1.29, 1.82) is 0 Å². The van der Waals surface area contributed by atoms with Gasteiger partial charge in [-0.1, -0.05) is 33.0 Å². The summed E-state index contributed by atoms with van der Waals surface area (Å²) in [5.74, 6) is -0.361. The molecule has 1 aromatic carbocycles. The summed E-state index contributed by atoms with van der Waals surface area (Å²) in [6.45, 7) is 10.5. The number of carbonyl (C=O) groups excluding carboxylic acids is 2. The van der Waals surface area contributed by atoms with Crippen molar-refractivity contribution < 1.29 is 32.7 Å². The summed E-state index contributed by atoms with van der Waals surface area (Å²) in [5.41, 5.74) is 0.693. The minimum atomic E-state index is -0.845. The number of ketones is 1. The van der Waals surface area contributed by atoms with Crippen LogP contribution in [0.15, 0.2) is 18.2 Å². The first-order valence-electron chi connectivity index (χ1n) is 10.8. The predicted molar refractivity (Wildman–Crippen MR) is 126 cm³/mol. The van der Waals surface area contributed by atoms with Crippen LogP contribution < -0.4 is 9.47 Å². The SMILES string of the molecule is COC(=O)C(Cc1ccc(OCCCC(C)(C)C(O[SiH2]C)O[SiH2]C)cc1OC)C(C)=O. The molecule has 0 saturated heterocycles. The Hall–Kier alpha value is -1.69. The van der Waals surface area contributed by atoms with Crippen molar-refractivity contribution in [2.75, 3.05) is 20.8 Å². The van der Waals surface area contributed by atoms with E-state index in [0.717, 1.165) is 18.4 Å². The molecule has 0 aliphatic rings. The molecule has 0 heterocycles. The molecule has 31 heavy (non-hydrogen) atoms. The van der Waals surface area contributed by atoms with Gasteiger partial charge in [0.1, 0.15) is 29.5 Å². The average molecular weight is 471 g/mol. The fourth-order valence-corrected chi connectivity index (χ4v) is 5.27. The molecule has 0 radical (unpaired) electrons. The highest BCUT2D eigenvalue weighted by molar-refractivity contribution is 6.26. The smallest absolute Gasteiger partial charge is 0.316 e. The molecule has 7 nitrogen and oxygen atoms in total. The first-order chi connectivity index (χ1) is 14.7. The van der Waals surface area contributed by atoms with E-state index in [1.165, 1.54) is 14.0 Å². The number of hydrogen-bond donors (Lipinski definition) is 0. The summed E-state index contributed by atoms with van der Waals surface area (Å²) >= 11 is 0. The Balaban J connectivity index is 2.71. The Morgan fingerprint density at radius 2 is 1.74 bits per heavy atom. The number of hydrogen-bond acceptors (Lipinski definition) is 7. The summed E-state index contributed by atoms with van der Waals surface area (Å²) in [6.07, 6.45) is 1.90. The molecule has 0 aliphatic heterocycles. The van der Waals surface area contributed by atoms with Crippen LogP contribution in [0.3, 0.4) is 0 Å². The molecule has 0 bridgehead atoms. The lowest BCUT2D eigenvalue weighted by atomic mass is 9.87. The summed E-state index contributed by atoms with van der Waals surface area (Å²) in [4.78, 5) is 23.7. The van der Waals surface area contributed by atoms with Crippen molar-refractivity contribution >= 4 is 31.3 Å². The van der Waals surface area contributed by atoms with Crippen LogP contribution in [0.25, 0.3) is 0 Å². The summed E-state index contributed by atoms with van der Waals surface area (Å²) < 4.78 is 28.0. The van der Waals surface area contributed by atoms with Crippen LogP contribution in [0.4, 0.5) is 0 Å². The van der Waals surface area contributed by atoms with E-state index in [0.29, 0.717) is 18.1 Å². The molecule has 0 fully saturated rings. The van der Waals surface area contributed by atoms with E-state index in [1.54, 1.807) is 13.2 Å². The molecule has 1 atom stereocenters. The standard InChI is InChI=1S/C22H38O7Si2/c1-15(23)18(20(24)26-5)13-16-9-10-17(14-19(16)25-4)27-12-8-11-22(2,3)21(28-30-6)29-31-7/h9-10,14,18,21H,8,11-13,30-31H2,1-7H3. The zero-order valence-electron chi connectivity index (χ0n) is 20.0. The normalized spacial score (nSPS) is 14.2. The minimum absolute atomic E-state index is 0.0630. The van der Waals surface area contributed by atoms with Crippen molar-refractivity contribution in [1.82, 2.24) is 0 Å². The number of esters is 1. The van der Waals surface area contributed by atoms with Crippen LogP contribution in [-0.4, -0.2) is 58.4 Å². The molecule has 0 aliphatic carbocycles. The van der Waals surface area contributed by atoms with Gasteiger partial charge < -0.3 is 23.1 Å². The molecule has 0 saturated carbocycles. The van der Waals surface area contributed by atoms with Crippen LogP contribution in [0, 0.1) is 11.3 Å². The van der Waals surface area contributed by atoms with Crippen LogP contribution in [0.5, 0.6) is 11.5 Å². The highest BCUT2D eigenvalue weighted by Gasteiger charge is 2.30. The second-order valence-electron chi connectivity index (χ2n) is 8.05. The lowest BCUT2D eigenvalue weighted by molar-refractivity contribution is -0.148. The first-order valence-corrected chi connectivity index (χ1v) is 14.8. The quantitative estimate of drug-likeness (QED) is 0.128. The van der Waals surface area contributed by atoms with E-state index in [-0.39, 0.29) is 23.9 Å². The number of Topliss-reactive ketones (excluding diaryl/α,β-unsaturated/α-hetero) is 1. The molecule has 0 spiro atoms. The summed E-state index contributed by atoms with van der Waals surface area (Å²) in [7, 11) is 1.77. The average Bonchev–Trinajstić information content (AvgIpc) is 2.74. The van der Waals surface area contributed by atoms with Gasteiger partial charge in [-0.05, 0) is 37.8 Å². The molecule has 176 valence electrons. The number of methoxy groups -OCH3 is 2. The number of carbonyl (C=O) groups is 2. The maximum absolute atomic E-state index is 11.9. The highest BCUT2D eigenvalue weighted by atomic mass is 28.2. The number of benzene rings is 1. The molecular formula is C22H38O7Si2. The van der Waals surface area contributed by atoms with Gasteiger partial charge in [0.2, 0.25) is 0 Å². The molecule has 1 rings (SSSR count). The Labute approximate surface area is 191 Å². The van der Waals surface area contributed by atoms with Crippen LogP contribution in [0.1, 0.15) is 39.2 Å². The minimum Gasteiger partial charge on any atom is -0.496 e. The van der Waals surface area contributed by atoms with Crippen LogP contribution >= 0.6 is 0 Å². The molecule has 0 amide bonds. The third-order valence-electron chi connectivity index (χ3n) is 5.17. The Kier molecular flexibility index (Phi) is 12.1. The topological polar surface area (TPSA) is 80.3 Å². The lowest BCUT2D eigenvalue weighted by Crippen LogP contribution is -2.36. The zero-order chi connectivity index (χ0) is 23.4. The maximum atomic E-state index is 11.9. The number of ether oxygens (including phenoxy) is 3. The van der Waals surface area contributed by atoms with E-state index < -0.39 is 31.4 Å². The second-order valence-corrected chi connectivity index (χ2v) is 9.87. The third-order valence-corrected chi connectivity index (χ3v) is 6.44. The monoisotopic (exact) mass is 470 g/mol. The van der Waals surface area contributed by atoms with Gasteiger partial charge in [-0.15, -0.1) is 0 Å². The van der Waals surface area contributed by atoms with Crippen molar-refractivity contribution in [2.24, 2.45) is 11.3 Å². The summed E-state index contributed by atoms with van der Waals surface area (Å²) in [6, 6.07) is 5.44. The molecule has 9 heteroatoms. The summed E-state index contributed by atoms with van der Waals surface area (Å²) in [5, 5.41) is 0. The maximum Gasteiger partial charge on any atom is 0.316 e. The number of rotatable bonds is 15. The van der Waals surface area contributed by atoms with Crippen molar-refractivity contribution in [3.05, 3.63) is 23.8 Å². The predicted octanol–water partition coefficient (Wildman–Crippen LogP) is 2.42. The van der Waals surface area contributed by atoms with Gasteiger partial charge in [0, 0.05) is 11.5 Å². The fraction of sp³-hybridized carbons (Fsp3) is 0.636. The molecule has 1 unspecified atom stereocenters. The van der Waals surface area contributed by atoms with E-state index in [1.807, 2.05) is 12.1 Å². The van der Waals surface area contributed by atoms with Gasteiger partial charge in [0.15, 0.2) is 19.5 Å².